The molecular weight excluding hydrogens is 292 g/mol. The highest BCUT2D eigenvalue weighted by atomic mass is 16.6. The molecule has 1 aromatic carbocycles. The van der Waals surface area contributed by atoms with Gasteiger partial charge in [-0.2, -0.15) is 0 Å². The number of ether oxygens (including phenoxy) is 1. The van der Waals surface area contributed by atoms with Gasteiger partial charge in [0.1, 0.15) is 6.10 Å². The number of rotatable bonds is 3. The van der Waals surface area contributed by atoms with Gasteiger partial charge in [-0.25, -0.2) is 4.79 Å². The quantitative estimate of drug-likeness (QED) is 0.944. The van der Waals surface area contributed by atoms with Crippen molar-refractivity contribution in [2.75, 3.05) is 18.1 Å². The van der Waals surface area contributed by atoms with Crippen molar-refractivity contribution in [3.05, 3.63) is 47.8 Å². The molecule has 1 fully saturated rings. The molecule has 2 heterocycles. The number of aromatic nitrogens is 1. The average Bonchev–Trinajstić information content (AvgIpc) is 3.18. The second-order valence-electron chi connectivity index (χ2n) is 5.32. The maximum absolute atomic E-state index is 11.9. The summed E-state index contributed by atoms with van der Waals surface area (Å²) in [6, 6.07) is 7.92. The van der Waals surface area contributed by atoms with Gasteiger partial charge < -0.3 is 14.4 Å². The third-order valence-corrected chi connectivity index (χ3v) is 3.73. The van der Waals surface area contributed by atoms with E-state index in [1.165, 1.54) is 0 Å². The van der Waals surface area contributed by atoms with Gasteiger partial charge in [0, 0.05) is 18.1 Å². The van der Waals surface area contributed by atoms with E-state index in [1.807, 2.05) is 64.4 Å². The zero-order valence-corrected chi connectivity index (χ0v) is 14.1. The fourth-order valence-electron chi connectivity index (χ4n) is 2.81. The zero-order chi connectivity index (χ0) is 17.0. The van der Waals surface area contributed by atoms with Gasteiger partial charge in [0.2, 0.25) is 0 Å². The molecule has 0 saturated carbocycles. The summed E-state index contributed by atoms with van der Waals surface area (Å²) in [5.74, 6) is 0. The van der Waals surface area contributed by atoms with Crippen molar-refractivity contribution in [3.63, 3.8) is 0 Å². The number of hydrogen-bond donors (Lipinski definition) is 1. The van der Waals surface area contributed by atoms with Gasteiger partial charge in [0.05, 0.1) is 18.8 Å². The molecule has 0 aliphatic carbocycles. The Balaban J connectivity index is 0.000000924. The largest absolute Gasteiger partial charge is 0.441 e. The van der Waals surface area contributed by atoms with Crippen LogP contribution in [0.5, 0.6) is 0 Å². The number of aryl methyl sites for hydroxylation is 2. The van der Waals surface area contributed by atoms with Crippen LogP contribution >= 0.6 is 0 Å². The predicted molar refractivity (Wildman–Crippen MR) is 91.3 cm³/mol. The maximum atomic E-state index is 11.9. The number of hydrogen-bond acceptors (Lipinski definition) is 3. The van der Waals surface area contributed by atoms with Crippen molar-refractivity contribution >= 4 is 11.8 Å². The number of nitrogens with zero attached hydrogens (tertiary/aromatic N) is 2. The molecule has 124 valence electrons. The van der Waals surface area contributed by atoms with Gasteiger partial charge in [0.25, 0.3) is 0 Å². The first-order chi connectivity index (χ1) is 11.1. The van der Waals surface area contributed by atoms with E-state index in [2.05, 4.69) is 4.57 Å². The highest BCUT2D eigenvalue weighted by Crippen LogP contribution is 2.28. The van der Waals surface area contributed by atoms with Crippen LogP contribution in [0.1, 0.15) is 25.0 Å². The molecule has 5 heteroatoms. The lowest BCUT2D eigenvalue weighted by Crippen LogP contribution is -2.25. The number of amides is 1. The van der Waals surface area contributed by atoms with Crippen LogP contribution in [-0.4, -0.2) is 35.0 Å². The number of aliphatic hydroxyl groups is 1. The van der Waals surface area contributed by atoms with Crippen LogP contribution < -0.4 is 4.90 Å². The standard InChI is InChI=1S/C16H18N2O3.C2H6/c1-11-7-13(18-9-14(10-19)21-16(18)20)8-12(2)15(11)17-5-3-4-6-17;1-2/h3-8,14,19H,9-10H2,1-2H3;1-2H3/t14-;/m1./s1. The third kappa shape index (κ3) is 3.40. The topological polar surface area (TPSA) is 54.7 Å². The molecule has 0 unspecified atom stereocenters. The van der Waals surface area contributed by atoms with Crippen LogP contribution in [0.4, 0.5) is 10.5 Å². The van der Waals surface area contributed by atoms with E-state index in [9.17, 15) is 4.79 Å². The molecule has 1 amide bonds. The molecule has 1 N–H and O–H groups in total. The summed E-state index contributed by atoms with van der Waals surface area (Å²) in [7, 11) is 0. The number of anilines is 1. The van der Waals surface area contributed by atoms with Crippen molar-refractivity contribution in [1.82, 2.24) is 4.57 Å². The first-order valence-corrected chi connectivity index (χ1v) is 7.93. The highest BCUT2D eigenvalue weighted by molar-refractivity contribution is 5.90. The fourth-order valence-corrected chi connectivity index (χ4v) is 2.81. The summed E-state index contributed by atoms with van der Waals surface area (Å²) in [4.78, 5) is 13.4. The Bertz CT molecular complexity index is 642. The van der Waals surface area contributed by atoms with E-state index in [0.29, 0.717) is 6.54 Å². The van der Waals surface area contributed by atoms with Crippen molar-refractivity contribution in [3.8, 4) is 5.69 Å². The molecule has 1 aliphatic rings. The Morgan fingerprint density at radius 2 is 1.74 bits per heavy atom. The van der Waals surface area contributed by atoms with E-state index in [-0.39, 0.29) is 6.61 Å². The minimum absolute atomic E-state index is 0.151. The molecule has 0 radical (unpaired) electrons. The Morgan fingerprint density at radius 3 is 2.22 bits per heavy atom. The van der Waals surface area contributed by atoms with E-state index in [1.54, 1.807) is 4.90 Å². The van der Waals surface area contributed by atoms with Gasteiger partial charge in [-0.3, -0.25) is 4.90 Å². The average molecular weight is 316 g/mol. The summed E-state index contributed by atoms with van der Waals surface area (Å²) < 4.78 is 7.15. The summed E-state index contributed by atoms with van der Waals surface area (Å²) in [6.45, 7) is 8.28. The lowest BCUT2D eigenvalue weighted by molar-refractivity contribution is 0.0963. The molecule has 1 aliphatic heterocycles. The Labute approximate surface area is 137 Å². The molecular formula is C18H24N2O3. The highest BCUT2D eigenvalue weighted by Gasteiger charge is 2.32. The van der Waals surface area contributed by atoms with E-state index in [0.717, 1.165) is 22.5 Å². The molecule has 23 heavy (non-hydrogen) atoms. The van der Waals surface area contributed by atoms with Gasteiger partial charge in [-0.05, 0) is 49.2 Å². The van der Waals surface area contributed by atoms with Crippen LogP contribution in [0, 0.1) is 13.8 Å². The predicted octanol–water partition coefficient (Wildman–Crippen LogP) is 3.44. The van der Waals surface area contributed by atoms with Crippen LogP contribution in [0.15, 0.2) is 36.7 Å². The monoisotopic (exact) mass is 316 g/mol. The van der Waals surface area contributed by atoms with Gasteiger partial charge >= 0.3 is 6.09 Å². The Hall–Kier alpha value is -2.27. The minimum atomic E-state index is -0.442. The second kappa shape index (κ2) is 7.33. The molecule has 1 saturated heterocycles. The summed E-state index contributed by atoms with van der Waals surface area (Å²) in [6.07, 6.45) is 3.16. The van der Waals surface area contributed by atoms with E-state index >= 15 is 0 Å². The van der Waals surface area contributed by atoms with Crippen LogP contribution in [0.3, 0.4) is 0 Å². The van der Waals surface area contributed by atoms with Gasteiger partial charge in [0.15, 0.2) is 0 Å². The van der Waals surface area contributed by atoms with Gasteiger partial charge in [-0.1, -0.05) is 13.8 Å². The molecule has 2 aromatic rings. The molecule has 5 nitrogen and oxygen atoms in total. The van der Waals surface area contributed by atoms with Crippen LogP contribution in [0.2, 0.25) is 0 Å². The normalized spacial score (nSPS) is 16.8. The molecule has 1 aromatic heterocycles. The van der Waals surface area contributed by atoms with E-state index < -0.39 is 12.2 Å². The number of aliphatic hydroxyl groups excluding tert-OH is 1. The molecule has 0 spiro atoms. The summed E-state index contributed by atoms with van der Waals surface area (Å²) in [5.41, 5.74) is 4.10. The lowest BCUT2D eigenvalue weighted by Gasteiger charge is -2.18. The molecule has 1 atom stereocenters. The number of carbonyl (C=O) groups excluding carboxylic acids is 1. The first-order valence-electron chi connectivity index (χ1n) is 7.93. The SMILES string of the molecule is CC.Cc1cc(N2C[C@H](CO)OC2=O)cc(C)c1-n1cccc1. The third-order valence-electron chi connectivity index (χ3n) is 3.73. The Morgan fingerprint density at radius 1 is 1.17 bits per heavy atom. The minimum Gasteiger partial charge on any atom is -0.441 e. The molecule has 0 bridgehead atoms. The summed E-state index contributed by atoms with van der Waals surface area (Å²) in [5, 5.41) is 9.12. The maximum Gasteiger partial charge on any atom is 0.414 e. The lowest BCUT2D eigenvalue weighted by atomic mass is 10.1. The van der Waals surface area contributed by atoms with Crippen LogP contribution in [-0.2, 0) is 4.74 Å². The first kappa shape index (κ1) is 17.1. The Kier molecular flexibility index (Phi) is 5.45. The second-order valence-corrected chi connectivity index (χ2v) is 5.32. The zero-order valence-electron chi connectivity index (χ0n) is 14.1. The van der Waals surface area contributed by atoms with Crippen molar-refractivity contribution in [2.24, 2.45) is 0 Å². The number of cyclic esters (lactones) is 1. The summed E-state index contributed by atoms with van der Waals surface area (Å²) >= 11 is 0. The van der Waals surface area contributed by atoms with Crippen molar-refractivity contribution in [1.29, 1.82) is 0 Å². The van der Waals surface area contributed by atoms with Gasteiger partial charge in [-0.15, -0.1) is 0 Å². The molecule has 3 rings (SSSR count). The smallest absolute Gasteiger partial charge is 0.414 e. The van der Waals surface area contributed by atoms with Crippen molar-refractivity contribution < 1.29 is 14.6 Å². The van der Waals surface area contributed by atoms with Crippen LogP contribution in [0.25, 0.3) is 5.69 Å². The fraction of sp³-hybridized carbons (Fsp3) is 0.389. The number of carbonyl (C=O) groups is 1. The number of benzene rings is 1. The van der Waals surface area contributed by atoms with Crippen molar-refractivity contribution in [2.45, 2.75) is 33.8 Å². The van der Waals surface area contributed by atoms with E-state index in [4.69, 9.17) is 9.84 Å².